The Bertz CT molecular complexity index is 1020. The molecular weight excluding hydrogens is 390 g/mol. The van der Waals surface area contributed by atoms with Crippen molar-refractivity contribution in [1.29, 1.82) is 0 Å². The standard InChI is InChI=1S/C19H15ClF2N4O2/c20-14-7-11(1-6-15(14)22)8-23-19(27)18-16-10-28-17(9-26(16)25-24-18)12-2-4-13(21)5-3-12/h1-7,17H,8-10H2,(H,23,27)/t17-/m1/s1. The number of carbonyl (C=O) groups excluding carboxylic acids is 1. The van der Waals surface area contributed by atoms with Crippen LogP contribution in [0.15, 0.2) is 42.5 Å². The van der Waals surface area contributed by atoms with Gasteiger partial charge in [-0.25, -0.2) is 13.5 Å². The molecule has 9 heteroatoms. The number of nitrogens with zero attached hydrogens (tertiary/aromatic N) is 3. The molecule has 0 saturated carbocycles. The number of nitrogens with one attached hydrogen (secondary N) is 1. The highest BCUT2D eigenvalue weighted by Crippen LogP contribution is 2.27. The molecule has 0 aliphatic carbocycles. The SMILES string of the molecule is O=C(NCc1ccc(F)c(Cl)c1)c1nnn2c1CO[C@@H](c1ccc(F)cc1)C2. The Morgan fingerprint density at radius 2 is 2.04 bits per heavy atom. The zero-order valence-corrected chi connectivity index (χ0v) is 15.3. The van der Waals surface area contributed by atoms with Gasteiger partial charge in [-0.05, 0) is 35.4 Å². The van der Waals surface area contributed by atoms with Gasteiger partial charge < -0.3 is 10.1 Å². The summed E-state index contributed by atoms with van der Waals surface area (Å²) in [6, 6.07) is 10.3. The van der Waals surface area contributed by atoms with Crippen LogP contribution < -0.4 is 5.32 Å². The number of halogens is 3. The summed E-state index contributed by atoms with van der Waals surface area (Å²) in [6.45, 7) is 0.694. The van der Waals surface area contributed by atoms with E-state index in [1.165, 1.54) is 24.3 Å². The average molecular weight is 405 g/mol. The molecule has 4 rings (SSSR count). The molecule has 0 spiro atoms. The number of fused-ring (bicyclic) bond motifs is 1. The Labute approximate surface area is 164 Å². The minimum Gasteiger partial charge on any atom is -0.365 e. The Balaban J connectivity index is 1.44. The lowest BCUT2D eigenvalue weighted by Crippen LogP contribution is -2.27. The van der Waals surface area contributed by atoms with Gasteiger partial charge in [0.05, 0.1) is 23.9 Å². The number of hydrogen-bond acceptors (Lipinski definition) is 4. The van der Waals surface area contributed by atoms with Crippen molar-refractivity contribution in [1.82, 2.24) is 20.3 Å². The van der Waals surface area contributed by atoms with Gasteiger partial charge in [0, 0.05) is 6.54 Å². The maximum absolute atomic E-state index is 13.2. The first-order chi connectivity index (χ1) is 13.5. The molecule has 1 aliphatic rings. The number of amides is 1. The van der Waals surface area contributed by atoms with Crippen molar-refractivity contribution in [2.45, 2.75) is 25.8 Å². The highest BCUT2D eigenvalue weighted by atomic mass is 35.5. The Kier molecular flexibility index (Phi) is 5.06. The van der Waals surface area contributed by atoms with Gasteiger partial charge in [-0.2, -0.15) is 0 Å². The highest BCUT2D eigenvalue weighted by Gasteiger charge is 2.27. The Morgan fingerprint density at radius 1 is 1.25 bits per heavy atom. The van der Waals surface area contributed by atoms with Crippen molar-refractivity contribution in [3.63, 3.8) is 0 Å². The van der Waals surface area contributed by atoms with Gasteiger partial charge in [-0.1, -0.05) is 35.0 Å². The summed E-state index contributed by atoms with van der Waals surface area (Å²) in [7, 11) is 0. The minimum absolute atomic E-state index is 0.00646. The molecule has 6 nitrogen and oxygen atoms in total. The summed E-state index contributed by atoms with van der Waals surface area (Å²) in [5.74, 6) is -1.25. The van der Waals surface area contributed by atoms with Gasteiger partial charge in [0.15, 0.2) is 5.69 Å². The summed E-state index contributed by atoms with van der Waals surface area (Å²) in [4.78, 5) is 12.5. The highest BCUT2D eigenvalue weighted by molar-refractivity contribution is 6.30. The number of aromatic nitrogens is 3. The van der Waals surface area contributed by atoms with Gasteiger partial charge in [-0.15, -0.1) is 5.10 Å². The molecule has 3 aromatic rings. The molecule has 1 aromatic heterocycles. The zero-order valence-electron chi connectivity index (χ0n) is 14.5. The van der Waals surface area contributed by atoms with E-state index in [4.69, 9.17) is 16.3 Å². The molecule has 144 valence electrons. The molecule has 0 radical (unpaired) electrons. The first-order valence-corrected chi connectivity index (χ1v) is 8.90. The van der Waals surface area contributed by atoms with Crippen LogP contribution >= 0.6 is 11.6 Å². The number of benzene rings is 2. The lowest BCUT2D eigenvalue weighted by atomic mass is 10.1. The molecule has 0 unspecified atom stereocenters. The molecule has 2 heterocycles. The largest absolute Gasteiger partial charge is 0.365 e. The van der Waals surface area contributed by atoms with Gasteiger partial charge >= 0.3 is 0 Å². The van der Waals surface area contributed by atoms with Crippen LogP contribution in [0.1, 0.15) is 33.4 Å². The summed E-state index contributed by atoms with van der Waals surface area (Å²) in [5, 5.41) is 10.7. The molecule has 0 bridgehead atoms. The zero-order chi connectivity index (χ0) is 19.7. The van der Waals surface area contributed by atoms with Gasteiger partial charge in [0.25, 0.3) is 5.91 Å². The normalized spacial score (nSPS) is 15.9. The van der Waals surface area contributed by atoms with E-state index in [0.29, 0.717) is 17.8 Å². The summed E-state index contributed by atoms with van der Waals surface area (Å²) < 4.78 is 33.7. The van der Waals surface area contributed by atoms with E-state index in [1.54, 1.807) is 22.9 Å². The van der Waals surface area contributed by atoms with Crippen molar-refractivity contribution in [2.75, 3.05) is 0 Å². The Morgan fingerprint density at radius 3 is 2.79 bits per heavy atom. The first kappa shape index (κ1) is 18.5. The van der Waals surface area contributed by atoms with Crippen LogP contribution in [-0.4, -0.2) is 20.9 Å². The third-order valence-corrected chi connectivity index (χ3v) is 4.78. The topological polar surface area (TPSA) is 69.0 Å². The maximum atomic E-state index is 13.2. The maximum Gasteiger partial charge on any atom is 0.274 e. The summed E-state index contributed by atoms with van der Waals surface area (Å²) >= 11 is 5.75. The van der Waals surface area contributed by atoms with Crippen molar-refractivity contribution >= 4 is 17.5 Å². The van der Waals surface area contributed by atoms with E-state index in [1.807, 2.05) is 0 Å². The average Bonchev–Trinajstić information content (AvgIpc) is 3.12. The predicted molar refractivity (Wildman–Crippen MR) is 96.5 cm³/mol. The summed E-state index contributed by atoms with van der Waals surface area (Å²) in [6.07, 6.45) is -0.299. The van der Waals surface area contributed by atoms with Crippen molar-refractivity contribution in [3.8, 4) is 0 Å². The van der Waals surface area contributed by atoms with E-state index in [2.05, 4.69) is 15.6 Å². The van der Waals surface area contributed by atoms with Gasteiger partial charge in [-0.3, -0.25) is 4.79 Å². The molecule has 0 saturated heterocycles. The first-order valence-electron chi connectivity index (χ1n) is 8.53. The van der Waals surface area contributed by atoms with Gasteiger partial charge in [0.1, 0.15) is 17.7 Å². The van der Waals surface area contributed by atoms with E-state index in [9.17, 15) is 13.6 Å². The second-order valence-electron chi connectivity index (χ2n) is 6.35. The van der Waals surface area contributed by atoms with Crippen LogP contribution in [0, 0.1) is 11.6 Å². The molecule has 0 fully saturated rings. The quantitative estimate of drug-likeness (QED) is 0.723. The molecule has 1 N–H and O–H groups in total. The molecule has 28 heavy (non-hydrogen) atoms. The van der Waals surface area contributed by atoms with E-state index < -0.39 is 11.7 Å². The van der Waals surface area contributed by atoms with Crippen LogP contribution in [0.4, 0.5) is 8.78 Å². The third kappa shape index (κ3) is 3.74. The Hall–Kier alpha value is -2.84. The predicted octanol–water partition coefficient (Wildman–Crippen LogP) is 3.41. The van der Waals surface area contributed by atoms with Crippen molar-refractivity contribution < 1.29 is 18.3 Å². The molecule has 2 aromatic carbocycles. The number of carbonyl (C=O) groups is 1. The second kappa shape index (κ2) is 7.65. The minimum atomic E-state index is -0.517. The fourth-order valence-electron chi connectivity index (χ4n) is 2.98. The smallest absolute Gasteiger partial charge is 0.274 e. The van der Waals surface area contributed by atoms with Crippen molar-refractivity contribution in [2.24, 2.45) is 0 Å². The van der Waals surface area contributed by atoms with E-state index in [-0.39, 0.29) is 35.8 Å². The fraction of sp³-hybridized carbons (Fsp3) is 0.211. The lowest BCUT2D eigenvalue weighted by molar-refractivity contribution is -0.00180. The molecule has 1 atom stereocenters. The monoisotopic (exact) mass is 404 g/mol. The second-order valence-corrected chi connectivity index (χ2v) is 6.76. The number of rotatable bonds is 4. The van der Waals surface area contributed by atoms with Crippen molar-refractivity contribution in [3.05, 3.63) is 81.6 Å². The number of hydrogen-bond donors (Lipinski definition) is 1. The fourth-order valence-corrected chi connectivity index (χ4v) is 3.19. The van der Waals surface area contributed by atoms with Crippen LogP contribution in [-0.2, 0) is 24.4 Å². The summed E-state index contributed by atoms with van der Waals surface area (Å²) in [5.41, 5.74) is 2.22. The molecular formula is C19H15ClF2N4O2. The van der Waals surface area contributed by atoms with E-state index in [0.717, 1.165) is 5.56 Å². The molecule has 1 aliphatic heterocycles. The molecule has 1 amide bonds. The number of ether oxygens (including phenoxy) is 1. The lowest BCUT2D eigenvalue weighted by Gasteiger charge is -2.24. The van der Waals surface area contributed by atoms with Crippen LogP contribution in [0.25, 0.3) is 0 Å². The van der Waals surface area contributed by atoms with Crippen LogP contribution in [0.3, 0.4) is 0 Å². The third-order valence-electron chi connectivity index (χ3n) is 4.49. The van der Waals surface area contributed by atoms with Crippen LogP contribution in [0.5, 0.6) is 0 Å². The van der Waals surface area contributed by atoms with E-state index >= 15 is 0 Å². The van der Waals surface area contributed by atoms with Gasteiger partial charge in [0.2, 0.25) is 0 Å². The van der Waals surface area contributed by atoms with Crippen LogP contribution in [0.2, 0.25) is 5.02 Å².